The van der Waals surface area contributed by atoms with E-state index in [0.717, 1.165) is 56.4 Å². The summed E-state index contributed by atoms with van der Waals surface area (Å²) >= 11 is 0. The molecule has 0 amide bonds. The molecule has 0 aliphatic rings. The van der Waals surface area contributed by atoms with Crippen LogP contribution in [-0.4, -0.2) is 0 Å². The number of allylic oxidation sites excluding steroid dienone is 10. The molecule has 0 radical (unpaired) electrons. The minimum Gasteiger partial charge on any atom is -0.311 e. The highest BCUT2D eigenvalue weighted by atomic mass is 15.1. The Hall–Kier alpha value is -10.3. The van der Waals surface area contributed by atoms with Gasteiger partial charge in [-0.2, -0.15) is 0 Å². The Morgan fingerprint density at radius 2 is 0.762 bits per heavy atom. The second kappa shape index (κ2) is 27.2. The van der Waals surface area contributed by atoms with E-state index in [1.165, 1.54) is 54.9 Å². The van der Waals surface area contributed by atoms with Gasteiger partial charge in [-0.15, -0.1) is 6.58 Å². The molecule has 0 unspecified atom stereocenters. The molecular formula is C78H66N2. The second-order valence-electron chi connectivity index (χ2n) is 19.0. The van der Waals surface area contributed by atoms with Gasteiger partial charge in [-0.3, -0.25) is 0 Å². The van der Waals surface area contributed by atoms with Gasteiger partial charge in [0.05, 0.1) is 5.69 Å². The first-order valence-corrected chi connectivity index (χ1v) is 27.1. The Labute approximate surface area is 474 Å². The van der Waals surface area contributed by atoms with Gasteiger partial charge < -0.3 is 9.80 Å². The van der Waals surface area contributed by atoms with Crippen LogP contribution in [0.2, 0.25) is 0 Å². The first kappa shape index (κ1) is 54.5. The van der Waals surface area contributed by atoms with Crippen molar-refractivity contribution in [3.8, 4) is 33.4 Å². The number of hydrogen-bond acceptors (Lipinski definition) is 2. The minimum absolute atomic E-state index is 1.03. The lowest BCUT2D eigenvalue weighted by atomic mass is 9.96. The van der Waals surface area contributed by atoms with Crippen LogP contribution in [0, 0.1) is 0 Å². The molecule has 0 fully saturated rings. The molecule has 0 heterocycles. The molecule has 0 spiro atoms. The van der Waals surface area contributed by atoms with Gasteiger partial charge in [-0.25, -0.2) is 0 Å². The fraction of sp³-hybridized carbons (Fsp3) is 0.0256. The number of nitrogens with zero attached hydrogens (tertiary/aromatic N) is 2. The fourth-order valence-corrected chi connectivity index (χ4v) is 9.97. The summed E-state index contributed by atoms with van der Waals surface area (Å²) in [5, 5.41) is 4.90. The summed E-state index contributed by atoms with van der Waals surface area (Å²) in [6.45, 7) is 18.9. The standard InChI is InChI=1S/C62H46N2.C13H14.C3H6/c1-3-15-45(4-2)47-26-34-55(35-27-47)63(57-38-32-50(33-39-57)53-25-24-46-16-11-12-19-52(46)44-53)56-36-28-48(29-37-56)49-30-40-58(41-31-49)64(54-20-9-6-10-21-54)62-43-42-59(51-17-7-5-8-18-51)60-22-13-14-23-61(60)62;1-3-8-12(9-4-2)13-10-6-5-7-11-13;1-3-2/h3-44H,1-2H2;3-11H,1H2,2H3;3H,1H2,2H3/b45-15+;9-4-,12-8+;. The monoisotopic (exact) mass is 1030 g/mol. The molecule has 0 bridgehead atoms. The predicted octanol–water partition coefficient (Wildman–Crippen LogP) is 22.7. The number of rotatable bonds is 15. The molecule has 0 aliphatic heterocycles. The van der Waals surface area contributed by atoms with Crippen LogP contribution in [0.15, 0.2) is 342 Å². The summed E-state index contributed by atoms with van der Waals surface area (Å²) in [4.78, 5) is 4.68. The maximum Gasteiger partial charge on any atom is 0.0540 e. The highest BCUT2D eigenvalue weighted by Gasteiger charge is 2.18. The van der Waals surface area contributed by atoms with Crippen molar-refractivity contribution in [1.82, 2.24) is 0 Å². The van der Waals surface area contributed by atoms with Crippen molar-refractivity contribution in [1.29, 1.82) is 0 Å². The number of benzene rings is 11. The molecule has 388 valence electrons. The van der Waals surface area contributed by atoms with Crippen molar-refractivity contribution in [3.05, 3.63) is 353 Å². The molecular weight excluding hydrogens is 965 g/mol. The van der Waals surface area contributed by atoms with Gasteiger partial charge in [0.2, 0.25) is 0 Å². The van der Waals surface area contributed by atoms with Crippen LogP contribution < -0.4 is 9.80 Å². The lowest BCUT2D eigenvalue weighted by molar-refractivity contribution is 1.28. The van der Waals surface area contributed by atoms with Gasteiger partial charge in [-0.1, -0.05) is 262 Å². The van der Waals surface area contributed by atoms with E-state index in [1.807, 2.05) is 62.4 Å². The van der Waals surface area contributed by atoms with E-state index in [0.29, 0.717) is 0 Å². The van der Waals surface area contributed by atoms with E-state index < -0.39 is 0 Å². The van der Waals surface area contributed by atoms with Crippen LogP contribution in [0.25, 0.3) is 66.1 Å². The van der Waals surface area contributed by atoms with Crippen molar-refractivity contribution in [2.24, 2.45) is 0 Å². The van der Waals surface area contributed by atoms with Crippen LogP contribution in [0.1, 0.15) is 25.0 Å². The number of para-hydroxylation sites is 1. The van der Waals surface area contributed by atoms with Gasteiger partial charge in [0.25, 0.3) is 0 Å². The summed E-state index contributed by atoms with van der Waals surface area (Å²) < 4.78 is 0. The smallest absolute Gasteiger partial charge is 0.0540 e. The third kappa shape index (κ3) is 12.9. The summed E-state index contributed by atoms with van der Waals surface area (Å²) in [5.41, 5.74) is 18.2. The van der Waals surface area contributed by atoms with Gasteiger partial charge in [0.1, 0.15) is 0 Å². The van der Waals surface area contributed by atoms with Crippen molar-refractivity contribution in [2.45, 2.75) is 13.8 Å². The predicted molar refractivity (Wildman–Crippen MR) is 351 cm³/mol. The lowest BCUT2D eigenvalue weighted by Gasteiger charge is -2.28. The Morgan fingerprint density at radius 1 is 0.338 bits per heavy atom. The van der Waals surface area contributed by atoms with Crippen LogP contribution in [0.4, 0.5) is 34.1 Å². The number of anilines is 6. The van der Waals surface area contributed by atoms with E-state index in [4.69, 9.17) is 0 Å². The average Bonchev–Trinajstić information content (AvgIpc) is 3.61. The zero-order valence-corrected chi connectivity index (χ0v) is 45.7. The Kier molecular flexibility index (Phi) is 18.5. The SMILES string of the molecule is C=C/C=C(\C=C)c1ccc(N(c2ccc(-c3ccc(N(c4ccccc4)c4ccc(-c5ccccc5)c5ccccc45)cc3)cc2)c2ccc(-c3ccc4ccccc4c3)cc2)cc1.C=C/C=C(\C=C/C)c1ccccc1.C=CC. The molecule has 0 aromatic heterocycles. The zero-order valence-electron chi connectivity index (χ0n) is 45.7. The number of hydrogen-bond donors (Lipinski definition) is 0. The fourth-order valence-electron chi connectivity index (χ4n) is 9.97. The third-order valence-electron chi connectivity index (χ3n) is 13.8. The van der Waals surface area contributed by atoms with Crippen molar-refractivity contribution >= 4 is 66.8 Å². The quantitative estimate of drug-likeness (QED) is 0.0746. The van der Waals surface area contributed by atoms with E-state index in [2.05, 4.69) is 291 Å². The van der Waals surface area contributed by atoms with E-state index in [-0.39, 0.29) is 0 Å². The molecule has 0 N–H and O–H groups in total. The molecule has 0 atom stereocenters. The van der Waals surface area contributed by atoms with E-state index >= 15 is 0 Å². The highest BCUT2D eigenvalue weighted by molar-refractivity contribution is 6.06. The van der Waals surface area contributed by atoms with E-state index in [1.54, 1.807) is 12.2 Å². The first-order chi connectivity index (χ1) is 39.4. The summed E-state index contributed by atoms with van der Waals surface area (Å²) in [6.07, 6.45) is 15.3. The topological polar surface area (TPSA) is 6.48 Å². The number of fused-ring (bicyclic) bond motifs is 2. The van der Waals surface area contributed by atoms with Crippen molar-refractivity contribution in [3.63, 3.8) is 0 Å². The molecule has 2 heteroatoms. The van der Waals surface area contributed by atoms with Gasteiger partial charge >= 0.3 is 0 Å². The molecule has 11 aromatic carbocycles. The van der Waals surface area contributed by atoms with Crippen LogP contribution in [0.3, 0.4) is 0 Å². The van der Waals surface area contributed by atoms with Gasteiger partial charge in [-0.05, 0) is 158 Å². The largest absolute Gasteiger partial charge is 0.311 e. The molecule has 0 aliphatic carbocycles. The molecule has 2 nitrogen and oxygen atoms in total. The maximum absolute atomic E-state index is 4.03. The molecule has 0 saturated carbocycles. The minimum atomic E-state index is 1.03. The maximum atomic E-state index is 4.03. The summed E-state index contributed by atoms with van der Waals surface area (Å²) in [7, 11) is 0. The molecule has 80 heavy (non-hydrogen) atoms. The zero-order chi connectivity index (χ0) is 55.5. The Bertz CT molecular complexity index is 3920. The molecule has 11 aromatic rings. The molecule has 0 saturated heterocycles. The van der Waals surface area contributed by atoms with Crippen molar-refractivity contribution in [2.75, 3.05) is 9.80 Å². The van der Waals surface area contributed by atoms with Crippen LogP contribution in [0.5, 0.6) is 0 Å². The highest BCUT2D eigenvalue weighted by Crippen LogP contribution is 2.43. The van der Waals surface area contributed by atoms with Crippen molar-refractivity contribution < 1.29 is 0 Å². The first-order valence-electron chi connectivity index (χ1n) is 27.1. The van der Waals surface area contributed by atoms with Gasteiger partial charge in [0.15, 0.2) is 0 Å². The lowest BCUT2D eigenvalue weighted by Crippen LogP contribution is -2.10. The Morgan fingerprint density at radius 3 is 1.31 bits per heavy atom. The average molecular weight is 1030 g/mol. The van der Waals surface area contributed by atoms with Gasteiger partial charge in [0, 0.05) is 33.8 Å². The normalized spacial score (nSPS) is 11.2. The summed E-state index contributed by atoms with van der Waals surface area (Å²) in [5.74, 6) is 0. The third-order valence-corrected chi connectivity index (χ3v) is 13.8. The summed E-state index contributed by atoms with van der Waals surface area (Å²) in [6, 6.07) is 95.4. The van der Waals surface area contributed by atoms with Crippen LogP contribution >= 0.6 is 0 Å². The molecule has 11 rings (SSSR count). The van der Waals surface area contributed by atoms with E-state index in [9.17, 15) is 0 Å². The second-order valence-corrected chi connectivity index (χ2v) is 19.0. The van der Waals surface area contributed by atoms with Crippen LogP contribution in [-0.2, 0) is 0 Å². The Balaban J connectivity index is 0.000000421.